The largest absolute Gasteiger partial charge is 0.398 e. The Balaban J connectivity index is 3.17. The summed E-state index contributed by atoms with van der Waals surface area (Å²) in [4.78, 5) is -0.173. The van der Waals surface area contributed by atoms with Gasteiger partial charge in [-0.25, -0.2) is 12.8 Å². The van der Waals surface area contributed by atoms with Gasteiger partial charge in [0.05, 0.1) is 5.69 Å². The Morgan fingerprint density at radius 3 is 2.61 bits per heavy atom. The predicted octanol–water partition coefficient (Wildman–Crippen LogP) is 2.22. The molecule has 0 aliphatic rings. The van der Waals surface area contributed by atoms with Crippen LogP contribution in [0.4, 0.5) is 10.1 Å². The normalized spacial score (nSPS) is 13.8. The van der Waals surface area contributed by atoms with E-state index in [-0.39, 0.29) is 16.6 Å². The van der Waals surface area contributed by atoms with Crippen LogP contribution in [0.2, 0.25) is 0 Å². The molecule has 4 nitrogen and oxygen atoms in total. The molecule has 2 N–H and O–H groups in total. The van der Waals surface area contributed by atoms with Gasteiger partial charge in [-0.3, -0.25) is 0 Å². The van der Waals surface area contributed by atoms with Crippen molar-refractivity contribution in [3.05, 3.63) is 24.0 Å². The number of hydrogen-bond donors (Lipinski definition) is 1. The number of nitrogen functional groups attached to an aromatic ring is 1. The monoisotopic (exact) mass is 274 g/mol. The van der Waals surface area contributed by atoms with E-state index in [0.29, 0.717) is 0 Å². The number of hydrogen-bond acceptors (Lipinski definition) is 3. The van der Waals surface area contributed by atoms with E-state index < -0.39 is 15.8 Å². The second kappa shape index (κ2) is 5.67. The molecule has 6 heteroatoms. The summed E-state index contributed by atoms with van der Waals surface area (Å²) >= 11 is 0. The lowest BCUT2D eigenvalue weighted by atomic mass is 10.2. The minimum Gasteiger partial charge on any atom is -0.398 e. The zero-order valence-corrected chi connectivity index (χ0v) is 11.7. The Hall–Kier alpha value is -1.14. The number of anilines is 1. The summed E-state index contributed by atoms with van der Waals surface area (Å²) in [6, 6.07) is 3.21. The van der Waals surface area contributed by atoms with Crippen LogP contribution in [0, 0.1) is 5.82 Å². The molecule has 1 aromatic rings. The van der Waals surface area contributed by atoms with Gasteiger partial charge < -0.3 is 5.73 Å². The molecule has 0 spiro atoms. The van der Waals surface area contributed by atoms with Crippen LogP contribution in [0.1, 0.15) is 26.7 Å². The van der Waals surface area contributed by atoms with E-state index in [1.54, 1.807) is 0 Å². The van der Waals surface area contributed by atoms with Crippen molar-refractivity contribution >= 4 is 15.7 Å². The van der Waals surface area contributed by atoms with Crippen LogP contribution in [-0.4, -0.2) is 25.8 Å². The molecule has 1 unspecified atom stereocenters. The third-order valence-corrected chi connectivity index (χ3v) is 4.99. The lowest BCUT2D eigenvalue weighted by molar-refractivity contribution is 0.368. The predicted molar refractivity (Wildman–Crippen MR) is 70.1 cm³/mol. The molecule has 0 amide bonds. The molecule has 0 aliphatic carbocycles. The molecule has 1 atom stereocenters. The summed E-state index contributed by atoms with van der Waals surface area (Å²) in [7, 11) is -2.26. The zero-order chi connectivity index (χ0) is 13.9. The average molecular weight is 274 g/mol. The smallest absolute Gasteiger partial charge is 0.245 e. The number of nitrogens with two attached hydrogens (primary N) is 1. The Labute approximate surface area is 108 Å². The van der Waals surface area contributed by atoms with Gasteiger partial charge in [0, 0.05) is 13.1 Å². The van der Waals surface area contributed by atoms with E-state index in [1.807, 2.05) is 13.8 Å². The molecule has 0 heterocycles. The van der Waals surface area contributed by atoms with Crippen molar-refractivity contribution in [2.75, 3.05) is 12.8 Å². The molecule has 102 valence electrons. The Kier molecular flexibility index (Phi) is 4.70. The Bertz CT molecular complexity index is 517. The molecule has 0 saturated carbocycles. The molecular formula is C12H19FN2O2S. The van der Waals surface area contributed by atoms with Crippen molar-refractivity contribution in [1.29, 1.82) is 0 Å². The lowest BCUT2D eigenvalue weighted by Crippen LogP contribution is -2.35. The Morgan fingerprint density at radius 1 is 1.44 bits per heavy atom. The van der Waals surface area contributed by atoms with E-state index in [1.165, 1.54) is 17.4 Å². The molecule has 1 rings (SSSR count). The van der Waals surface area contributed by atoms with Crippen LogP contribution >= 0.6 is 0 Å². The summed E-state index contributed by atoms with van der Waals surface area (Å²) in [6.45, 7) is 3.80. The van der Waals surface area contributed by atoms with Crippen molar-refractivity contribution < 1.29 is 12.8 Å². The van der Waals surface area contributed by atoms with Gasteiger partial charge in [-0.1, -0.05) is 13.3 Å². The van der Waals surface area contributed by atoms with Gasteiger partial charge in [-0.15, -0.1) is 0 Å². The van der Waals surface area contributed by atoms with Gasteiger partial charge in [0.15, 0.2) is 0 Å². The van der Waals surface area contributed by atoms with Crippen LogP contribution < -0.4 is 5.73 Å². The third-order valence-electron chi connectivity index (χ3n) is 2.96. The van der Waals surface area contributed by atoms with Crippen LogP contribution in [-0.2, 0) is 10.0 Å². The quantitative estimate of drug-likeness (QED) is 0.837. The van der Waals surface area contributed by atoms with E-state index >= 15 is 0 Å². The van der Waals surface area contributed by atoms with E-state index in [2.05, 4.69) is 0 Å². The maximum atomic E-state index is 13.2. The minimum absolute atomic E-state index is 0.0620. The van der Waals surface area contributed by atoms with E-state index in [9.17, 15) is 12.8 Å². The van der Waals surface area contributed by atoms with Gasteiger partial charge in [0.25, 0.3) is 0 Å². The van der Waals surface area contributed by atoms with E-state index in [4.69, 9.17) is 5.73 Å². The third kappa shape index (κ3) is 3.00. The highest BCUT2D eigenvalue weighted by atomic mass is 32.2. The topological polar surface area (TPSA) is 63.4 Å². The fourth-order valence-corrected chi connectivity index (χ4v) is 3.24. The first-order valence-electron chi connectivity index (χ1n) is 5.83. The molecule has 0 bridgehead atoms. The Morgan fingerprint density at radius 2 is 2.06 bits per heavy atom. The summed E-state index contributed by atoms with van der Waals surface area (Å²) in [6.07, 6.45) is 1.62. The second-order valence-corrected chi connectivity index (χ2v) is 6.31. The van der Waals surface area contributed by atoms with Crippen molar-refractivity contribution in [3.63, 3.8) is 0 Å². The molecule has 0 aromatic heterocycles. The molecule has 1 aromatic carbocycles. The molecule has 0 aliphatic heterocycles. The highest BCUT2D eigenvalue weighted by Crippen LogP contribution is 2.24. The minimum atomic E-state index is -3.75. The number of nitrogens with zero attached hydrogens (tertiary/aromatic N) is 1. The van der Waals surface area contributed by atoms with Gasteiger partial charge >= 0.3 is 0 Å². The maximum absolute atomic E-state index is 13.2. The van der Waals surface area contributed by atoms with Gasteiger partial charge in [0.1, 0.15) is 10.7 Å². The van der Waals surface area contributed by atoms with Gasteiger partial charge in [0.2, 0.25) is 10.0 Å². The molecular weight excluding hydrogens is 255 g/mol. The number of sulfonamides is 1. The van der Waals surface area contributed by atoms with Crippen LogP contribution in [0.3, 0.4) is 0 Å². The summed E-state index contributed by atoms with van der Waals surface area (Å²) in [5, 5.41) is 0. The zero-order valence-electron chi connectivity index (χ0n) is 10.9. The first-order valence-corrected chi connectivity index (χ1v) is 7.27. The molecule has 0 fully saturated rings. The molecule has 0 saturated heterocycles. The molecule has 18 heavy (non-hydrogen) atoms. The first kappa shape index (κ1) is 14.9. The fourth-order valence-electron chi connectivity index (χ4n) is 1.72. The van der Waals surface area contributed by atoms with Crippen LogP contribution in [0.25, 0.3) is 0 Å². The van der Waals surface area contributed by atoms with Crippen molar-refractivity contribution in [3.8, 4) is 0 Å². The van der Waals surface area contributed by atoms with Crippen molar-refractivity contribution in [2.24, 2.45) is 0 Å². The average Bonchev–Trinajstić information content (AvgIpc) is 2.31. The summed E-state index contributed by atoms with van der Waals surface area (Å²) in [5.41, 5.74) is 5.68. The highest BCUT2D eigenvalue weighted by Gasteiger charge is 2.27. The van der Waals surface area contributed by atoms with Crippen LogP contribution in [0.15, 0.2) is 23.1 Å². The summed E-state index contributed by atoms with van der Waals surface area (Å²) < 4.78 is 39.0. The fraction of sp³-hybridized carbons (Fsp3) is 0.500. The van der Waals surface area contributed by atoms with Gasteiger partial charge in [-0.05, 0) is 31.5 Å². The molecule has 0 radical (unpaired) electrons. The summed E-state index contributed by atoms with van der Waals surface area (Å²) in [5.74, 6) is -0.612. The van der Waals surface area contributed by atoms with Gasteiger partial charge in [-0.2, -0.15) is 4.31 Å². The lowest BCUT2D eigenvalue weighted by Gasteiger charge is -2.24. The number of halogens is 1. The number of rotatable bonds is 5. The standard InChI is InChI=1S/C12H19FN2O2S/c1-4-5-9(2)15(3)18(16,17)12-8-10(13)6-7-11(12)14/h6-9H,4-5,14H2,1-3H3. The van der Waals surface area contributed by atoms with E-state index in [0.717, 1.165) is 25.0 Å². The highest BCUT2D eigenvalue weighted by molar-refractivity contribution is 7.89. The van der Waals surface area contributed by atoms with Crippen molar-refractivity contribution in [2.45, 2.75) is 37.6 Å². The SMILES string of the molecule is CCCC(C)N(C)S(=O)(=O)c1cc(F)ccc1N. The van der Waals surface area contributed by atoms with Crippen LogP contribution in [0.5, 0.6) is 0 Å². The van der Waals surface area contributed by atoms with Crippen molar-refractivity contribution in [1.82, 2.24) is 4.31 Å². The maximum Gasteiger partial charge on any atom is 0.245 e. The second-order valence-electron chi connectivity index (χ2n) is 4.34. The number of benzene rings is 1. The first-order chi connectivity index (χ1) is 8.30.